The summed E-state index contributed by atoms with van der Waals surface area (Å²) in [6, 6.07) is 3.67. The molecule has 0 aliphatic heterocycles. The summed E-state index contributed by atoms with van der Waals surface area (Å²) in [5.74, 6) is -1.04. The molecular weight excluding hydrogens is 276 g/mol. The van der Waals surface area contributed by atoms with Crippen molar-refractivity contribution in [1.29, 1.82) is 0 Å². The Balaban J connectivity index is 2.41. The minimum absolute atomic E-state index is 0.340. The number of nitrogens with two attached hydrogens (primary N) is 2. The van der Waals surface area contributed by atoms with Crippen LogP contribution in [0, 0.1) is 6.92 Å². The van der Waals surface area contributed by atoms with Crippen LogP contribution < -0.4 is 16.8 Å². The molecule has 2 heterocycles. The Morgan fingerprint density at radius 1 is 1.35 bits per heavy atom. The summed E-state index contributed by atoms with van der Waals surface area (Å²) in [4.78, 5) is 28.9. The van der Waals surface area contributed by atoms with Crippen molar-refractivity contribution < 1.29 is 9.59 Å². The fourth-order valence-electron chi connectivity index (χ4n) is 1.66. The first-order chi connectivity index (χ1) is 9.22. The second-order valence-electron chi connectivity index (χ2n) is 5.09. The number of thiophene rings is 1. The zero-order valence-corrected chi connectivity index (χ0v) is 12.3. The molecule has 0 spiro atoms. The van der Waals surface area contributed by atoms with E-state index >= 15 is 0 Å². The third-order valence-corrected chi connectivity index (χ3v) is 4.10. The van der Waals surface area contributed by atoms with Gasteiger partial charge < -0.3 is 16.8 Å². The number of nitrogen functional groups attached to an aromatic ring is 1. The quantitative estimate of drug-likeness (QED) is 0.788. The summed E-state index contributed by atoms with van der Waals surface area (Å²) in [6.45, 7) is 4.95. The first-order valence-corrected chi connectivity index (χ1v) is 6.82. The monoisotopic (exact) mass is 292 g/mol. The van der Waals surface area contributed by atoms with Crippen molar-refractivity contribution in [2.24, 2.45) is 5.73 Å². The topological polar surface area (TPSA) is 111 Å². The highest BCUT2D eigenvalue weighted by Crippen LogP contribution is 2.32. The number of pyridine rings is 1. The Kier molecular flexibility index (Phi) is 3.39. The maximum absolute atomic E-state index is 12.2. The van der Waals surface area contributed by atoms with E-state index in [9.17, 15) is 9.59 Å². The number of hydrogen-bond acceptors (Lipinski definition) is 5. The molecule has 0 aliphatic rings. The van der Waals surface area contributed by atoms with Gasteiger partial charge in [0.25, 0.3) is 5.91 Å². The van der Waals surface area contributed by atoms with Gasteiger partial charge in [0.1, 0.15) is 15.2 Å². The van der Waals surface area contributed by atoms with Crippen LogP contribution in [0.15, 0.2) is 12.1 Å². The van der Waals surface area contributed by atoms with Crippen LogP contribution in [0.4, 0.5) is 5.69 Å². The molecule has 20 heavy (non-hydrogen) atoms. The molecular formula is C13H16N4O2S. The first-order valence-electron chi connectivity index (χ1n) is 6.00. The average Bonchev–Trinajstić information content (AvgIpc) is 2.65. The summed E-state index contributed by atoms with van der Waals surface area (Å²) in [5.41, 5.74) is 11.3. The van der Waals surface area contributed by atoms with Crippen molar-refractivity contribution >= 4 is 39.1 Å². The lowest BCUT2D eigenvalue weighted by Crippen LogP contribution is -2.52. The van der Waals surface area contributed by atoms with E-state index in [1.807, 2.05) is 19.1 Å². The molecule has 0 saturated carbocycles. The lowest BCUT2D eigenvalue weighted by atomic mass is 10.1. The normalized spacial score (nSPS) is 11.6. The van der Waals surface area contributed by atoms with Crippen molar-refractivity contribution in [2.45, 2.75) is 26.3 Å². The van der Waals surface area contributed by atoms with Crippen LogP contribution in [0.1, 0.15) is 29.2 Å². The largest absolute Gasteiger partial charge is 0.397 e. The Morgan fingerprint density at radius 3 is 2.60 bits per heavy atom. The van der Waals surface area contributed by atoms with Gasteiger partial charge in [-0.15, -0.1) is 11.3 Å². The van der Waals surface area contributed by atoms with Gasteiger partial charge in [0, 0.05) is 11.1 Å². The molecule has 0 atom stereocenters. The molecule has 6 nitrogen and oxygen atoms in total. The minimum atomic E-state index is -1.14. The number of nitrogens with one attached hydrogen (secondary N) is 1. The average molecular weight is 292 g/mol. The number of fused-ring (bicyclic) bond motifs is 1. The van der Waals surface area contributed by atoms with Crippen molar-refractivity contribution in [1.82, 2.24) is 10.3 Å². The van der Waals surface area contributed by atoms with Gasteiger partial charge in [0.15, 0.2) is 0 Å². The molecule has 0 aromatic carbocycles. The third-order valence-electron chi connectivity index (χ3n) is 2.98. The predicted octanol–water partition coefficient (Wildman–Crippen LogP) is 1.18. The number of anilines is 1. The summed E-state index contributed by atoms with van der Waals surface area (Å²) in [5, 5.41) is 3.32. The van der Waals surface area contributed by atoms with E-state index in [4.69, 9.17) is 11.5 Å². The van der Waals surface area contributed by atoms with E-state index in [0.717, 1.165) is 11.1 Å². The molecule has 2 aromatic rings. The van der Waals surface area contributed by atoms with Gasteiger partial charge in [-0.05, 0) is 32.9 Å². The maximum atomic E-state index is 12.2. The van der Waals surface area contributed by atoms with Gasteiger partial charge >= 0.3 is 0 Å². The number of amides is 2. The van der Waals surface area contributed by atoms with Crippen LogP contribution >= 0.6 is 11.3 Å². The molecule has 0 radical (unpaired) electrons. The van der Waals surface area contributed by atoms with Crippen molar-refractivity contribution in [2.75, 3.05) is 5.73 Å². The smallest absolute Gasteiger partial charge is 0.264 e. The molecule has 0 bridgehead atoms. The van der Waals surface area contributed by atoms with Crippen LogP contribution in [0.2, 0.25) is 0 Å². The molecule has 7 heteroatoms. The van der Waals surface area contributed by atoms with Gasteiger partial charge in [-0.3, -0.25) is 9.59 Å². The number of hydrogen-bond donors (Lipinski definition) is 3. The van der Waals surface area contributed by atoms with Crippen LogP contribution in [-0.2, 0) is 4.79 Å². The van der Waals surface area contributed by atoms with Gasteiger partial charge in [0.2, 0.25) is 5.91 Å². The highest BCUT2D eigenvalue weighted by atomic mass is 32.1. The summed E-state index contributed by atoms with van der Waals surface area (Å²) < 4.78 is 0. The molecule has 0 saturated heterocycles. The fourth-order valence-corrected chi connectivity index (χ4v) is 2.70. The Labute approximate surface area is 120 Å². The van der Waals surface area contributed by atoms with Crippen molar-refractivity contribution in [3.8, 4) is 0 Å². The Bertz CT molecular complexity index is 706. The lowest BCUT2D eigenvalue weighted by Gasteiger charge is -2.21. The summed E-state index contributed by atoms with van der Waals surface area (Å²) >= 11 is 1.20. The van der Waals surface area contributed by atoms with Crippen LogP contribution in [0.25, 0.3) is 10.2 Å². The van der Waals surface area contributed by atoms with E-state index in [0.29, 0.717) is 15.4 Å². The van der Waals surface area contributed by atoms with E-state index < -0.39 is 17.4 Å². The second kappa shape index (κ2) is 4.75. The van der Waals surface area contributed by atoms with E-state index in [1.165, 1.54) is 11.3 Å². The zero-order chi connectivity index (χ0) is 15.1. The summed E-state index contributed by atoms with van der Waals surface area (Å²) in [6.07, 6.45) is 0. The molecule has 0 unspecified atom stereocenters. The van der Waals surface area contributed by atoms with Gasteiger partial charge in [-0.25, -0.2) is 4.98 Å². The third kappa shape index (κ3) is 2.44. The molecule has 0 fully saturated rings. The lowest BCUT2D eigenvalue weighted by molar-refractivity contribution is -0.122. The van der Waals surface area contributed by atoms with Crippen LogP contribution in [0.3, 0.4) is 0 Å². The fraction of sp³-hybridized carbons (Fsp3) is 0.308. The molecule has 2 aromatic heterocycles. The number of aromatic nitrogens is 1. The molecule has 2 amide bonds. The summed E-state index contributed by atoms with van der Waals surface area (Å²) in [7, 11) is 0. The van der Waals surface area contributed by atoms with E-state index in [2.05, 4.69) is 10.3 Å². The maximum Gasteiger partial charge on any atom is 0.264 e. The SMILES string of the molecule is Cc1ccc2c(N)c(C(=O)NC(C)(C)C(N)=O)sc2n1. The number of carbonyl (C=O) groups excluding carboxylic acids is 2. The molecule has 0 aliphatic carbocycles. The zero-order valence-electron chi connectivity index (χ0n) is 11.5. The molecule has 5 N–H and O–H groups in total. The molecule has 2 rings (SSSR count). The highest BCUT2D eigenvalue weighted by molar-refractivity contribution is 7.21. The first kappa shape index (κ1) is 14.3. The van der Waals surface area contributed by atoms with E-state index in [-0.39, 0.29) is 0 Å². The Morgan fingerprint density at radius 2 is 2.00 bits per heavy atom. The molecule has 106 valence electrons. The number of carbonyl (C=O) groups is 2. The van der Waals surface area contributed by atoms with E-state index in [1.54, 1.807) is 13.8 Å². The van der Waals surface area contributed by atoms with Crippen molar-refractivity contribution in [3.05, 3.63) is 22.7 Å². The Hall–Kier alpha value is -2.15. The second-order valence-corrected chi connectivity index (χ2v) is 6.09. The highest BCUT2D eigenvalue weighted by Gasteiger charge is 2.29. The van der Waals surface area contributed by atoms with Gasteiger partial charge in [-0.2, -0.15) is 0 Å². The number of nitrogens with zero attached hydrogens (tertiary/aromatic N) is 1. The number of rotatable bonds is 3. The van der Waals surface area contributed by atoms with Gasteiger partial charge in [0.05, 0.1) is 5.69 Å². The number of aryl methyl sites for hydroxylation is 1. The number of primary amides is 1. The van der Waals surface area contributed by atoms with Gasteiger partial charge in [-0.1, -0.05) is 0 Å². The van der Waals surface area contributed by atoms with Crippen molar-refractivity contribution in [3.63, 3.8) is 0 Å². The van der Waals surface area contributed by atoms with Crippen LogP contribution in [-0.4, -0.2) is 22.3 Å². The predicted molar refractivity (Wildman–Crippen MR) is 79.5 cm³/mol. The van der Waals surface area contributed by atoms with Crippen LogP contribution in [0.5, 0.6) is 0 Å². The minimum Gasteiger partial charge on any atom is -0.397 e. The standard InChI is InChI=1S/C13H16N4O2S/c1-6-4-5-7-8(14)9(20-11(7)16-6)10(18)17-13(2,3)12(15)19/h4-5H,14H2,1-3H3,(H2,15,19)(H,17,18).